The number of aromatic nitrogens is 1. The minimum Gasteiger partial charge on any atom is -0.366 e. The van der Waals surface area contributed by atoms with Crippen LogP contribution in [-0.2, 0) is 0 Å². The Labute approximate surface area is 216 Å². The topological polar surface area (TPSA) is 45.2 Å². The Morgan fingerprint density at radius 2 is 1.88 bits per heavy atom. The molecule has 1 aliphatic rings. The molecule has 0 saturated carbocycles. The number of carbonyl (C=O) groups excluding carboxylic acids is 1. The molecule has 0 aliphatic carbocycles. The molecule has 1 fully saturated rings. The number of nitrogens with one attached hydrogen (secondary N) is 1. The number of amides is 1. The van der Waals surface area contributed by atoms with E-state index in [0.29, 0.717) is 22.6 Å². The normalized spacial score (nSPS) is 14.4. The third-order valence-electron chi connectivity index (χ3n) is 6.22. The van der Waals surface area contributed by atoms with Gasteiger partial charge in [0.25, 0.3) is 5.91 Å². The first kappa shape index (κ1) is 24.8. The molecule has 0 radical (unpaired) electrons. The second kappa shape index (κ2) is 11.4. The number of para-hydroxylation sites is 1. The molecule has 4 nitrogen and oxygen atoms in total. The SMILES string of the molecule is CC(C)CCC(=S)N1CCC(c2nc(C(=O)Nc3ccccc3-c3ccc(Cl)cc3)cs2)CC1. The molecule has 4 rings (SSSR count). The molecule has 0 atom stereocenters. The lowest BCUT2D eigenvalue weighted by molar-refractivity contribution is 0.102. The van der Waals surface area contributed by atoms with Gasteiger partial charge in [0.15, 0.2) is 0 Å². The van der Waals surface area contributed by atoms with Crippen LogP contribution in [0.1, 0.15) is 60.9 Å². The van der Waals surface area contributed by atoms with Crippen LogP contribution in [0.5, 0.6) is 0 Å². The first-order valence-electron chi connectivity index (χ1n) is 11.8. The van der Waals surface area contributed by atoms with E-state index in [4.69, 9.17) is 28.8 Å². The maximum atomic E-state index is 13.0. The van der Waals surface area contributed by atoms with Crippen molar-refractivity contribution < 1.29 is 4.79 Å². The summed E-state index contributed by atoms with van der Waals surface area (Å²) >= 11 is 13.3. The van der Waals surface area contributed by atoms with Gasteiger partial charge in [-0.2, -0.15) is 0 Å². The van der Waals surface area contributed by atoms with E-state index in [0.717, 1.165) is 65.6 Å². The molecule has 1 aliphatic heterocycles. The summed E-state index contributed by atoms with van der Waals surface area (Å²) in [5.41, 5.74) is 3.18. The fourth-order valence-corrected chi connectivity index (χ4v) is 5.58. The summed E-state index contributed by atoms with van der Waals surface area (Å²) in [5, 5.41) is 6.65. The van der Waals surface area contributed by atoms with Gasteiger partial charge in [0.05, 0.1) is 10.00 Å². The first-order valence-corrected chi connectivity index (χ1v) is 13.5. The summed E-state index contributed by atoms with van der Waals surface area (Å²) in [5.74, 6) is 0.877. The fraction of sp³-hybridized carbons (Fsp3) is 0.370. The van der Waals surface area contributed by atoms with Crippen molar-refractivity contribution in [2.45, 2.75) is 45.4 Å². The molecular weight excluding hydrogens is 482 g/mol. The average Bonchev–Trinajstić information content (AvgIpc) is 3.34. The molecule has 1 amide bonds. The van der Waals surface area contributed by atoms with Crippen molar-refractivity contribution in [1.29, 1.82) is 0 Å². The average molecular weight is 512 g/mol. The highest BCUT2D eigenvalue weighted by atomic mass is 35.5. The summed E-state index contributed by atoms with van der Waals surface area (Å²) < 4.78 is 0. The Morgan fingerprint density at radius 1 is 1.18 bits per heavy atom. The molecule has 0 spiro atoms. The Balaban J connectivity index is 1.38. The van der Waals surface area contributed by atoms with Gasteiger partial charge in [-0.15, -0.1) is 11.3 Å². The maximum Gasteiger partial charge on any atom is 0.275 e. The molecule has 34 heavy (non-hydrogen) atoms. The molecule has 2 aromatic carbocycles. The van der Waals surface area contributed by atoms with Crippen LogP contribution in [0.4, 0.5) is 5.69 Å². The van der Waals surface area contributed by atoms with Gasteiger partial charge in [-0.3, -0.25) is 4.79 Å². The van der Waals surface area contributed by atoms with E-state index in [1.165, 1.54) is 0 Å². The number of halogens is 1. The number of hydrogen-bond donors (Lipinski definition) is 1. The minimum atomic E-state index is -0.184. The number of anilines is 1. The van der Waals surface area contributed by atoms with Crippen LogP contribution >= 0.6 is 35.2 Å². The van der Waals surface area contributed by atoms with Gasteiger partial charge in [0.2, 0.25) is 0 Å². The van der Waals surface area contributed by atoms with Crippen LogP contribution in [0, 0.1) is 5.92 Å². The van der Waals surface area contributed by atoms with E-state index in [2.05, 4.69) is 24.1 Å². The standard InChI is InChI=1S/C27H30ClN3OS2/c1-18(2)7-12-25(33)31-15-13-20(14-16-31)27-30-24(17-34-27)26(32)29-23-6-4-3-5-22(23)19-8-10-21(28)11-9-19/h3-6,8-11,17-18,20H,7,12-16H2,1-2H3,(H,29,32). The second-order valence-corrected chi connectivity index (χ2v) is 11.0. The largest absolute Gasteiger partial charge is 0.366 e. The third kappa shape index (κ3) is 6.23. The first-order chi connectivity index (χ1) is 16.4. The number of carbonyl (C=O) groups is 1. The fourth-order valence-electron chi connectivity index (χ4n) is 4.19. The van der Waals surface area contributed by atoms with Gasteiger partial charge in [-0.25, -0.2) is 4.98 Å². The van der Waals surface area contributed by atoms with Crippen LogP contribution in [0.2, 0.25) is 5.02 Å². The van der Waals surface area contributed by atoms with Gasteiger partial charge < -0.3 is 10.2 Å². The molecule has 2 heterocycles. The number of thiazole rings is 1. The summed E-state index contributed by atoms with van der Waals surface area (Å²) in [4.78, 5) is 21.2. The van der Waals surface area contributed by atoms with Crippen molar-refractivity contribution in [3.8, 4) is 11.1 Å². The molecule has 178 valence electrons. The zero-order valence-corrected chi connectivity index (χ0v) is 22.0. The molecule has 7 heteroatoms. The van der Waals surface area contributed by atoms with Crippen LogP contribution in [-0.4, -0.2) is 33.9 Å². The minimum absolute atomic E-state index is 0.184. The predicted molar refractivity (Wildman–Crippen MR) is 147 cm³/mol. The van der Waals surface area contributed by atoms with E-state index < -0.39 is 0 Å². The zero-order valence-electron chi connectivity index (χ0n) is 19.6. The lowest BCUT2D eigenvalue weighted by atomic mass is 9.97. The maximum absolute atomic E-state index is 13.0. The van der Waals surface area contributed by atoms with E-state index in [-0.39, 0.29) is 5.91 Å². The number of likely N-dealkylation sites (tertiary alicyclic amines) is 1. The molecule has 1 aromatic heterocycles. The predicted octanol–water partition coefficient (Wildman–Crippen LogP) is 7.66. The summed E-state index contributed by atoms with van der Waals surface area (Å²) in [7, 11) is 0. The van der Waals surface area contributed by atoms with Crippen molar-refractivity contribution in [3.63, 3.8) is 0 Å². The van der Waals surface area contributed by atoms with Gasteiger partial charge in [0.1, 0.15) is 5.69 Å². The Bertz CT molecular complexity index is 1130. The van der Waals surface area contributed by atoms with Crippen LogP contribution in [0.15, 0.2) is 53.9 Å². The highest BCUT2D eigenvalue weighted by molar-refractivity contribution is 7.80. The van der Waals surface area contributed by atoms with E-state index >= 15 is 0 Å². The molecular formula is C27H30ClN3OS2. The van der Waals surface area contributed by atoms with E-state index in [1.807, 2.05) is 53.9 Å². The quantitative estimate of drug-likeness (QED) is 0.331. The molecule has 3 aromatic rings. The van der Waals surface area contributed by atoms with Crippen LogP contribution in [0.3, 0.4) is 0 Å². The molecule has 1 saturated heterocycles. The second-order valence-electron chi connectivity index (χ2n) is 9.17. The van der Waals surface area contributed by atoms with E-state index in [9.17, 15) is 4.79 Å². The third-order valence-corrected chi connectivity index (χ3v) is 7.94. The van der Waals surface area contributed by atoms with Gasteiger partial charge in [-0.1, -0.05) is 68.0 Å². The molecule has 1 N–H and O–H groups in total. The smallest absolute Gasteiger partial charge is 0.275 e. The van der Waals surface area contributed by atoms with Crippen molar-refractivity contribution in [2.75, 3.05) is 18.4 Å². The number of piperidine rings is 1. The van der Waals surface area contributed by atoms with Crippen molar-refractivity contribution in [2.24, 2.45) is 5.92 Å². The van der Waals surface area contributed by atoms with Gasteiger partial charge in [0, 0.05) is 40.7 Å². The highest BCUT2D eigenvalue weighted by Gasteiger charge is 2.25. The number of rotatable bonds is 7. The Hall–Kier alpha value is -2.28. The van der Waals surface area contributed by atoms with Crippen LogP contribution in [0.25, 0.3) is 11.1 Å². The number of hydrogen-bond acceptors (Lipinski definition) is 4. The Kier molecular flexibility index (Phi) is 8.35. The van der Waals surface area contributed by atoms with Crippen molar-refractivity contribution in [1.82, 2.24) is 9.88 Å². The monoisotopic (exact) mass is 511 g/mol. The lowest BCUT2D eigenvalue weighted by Gasteiger charge is -2.33. The summed E-state index contributed by atoms with van der Waals surface area (Å²) in [6.45, 7) is 6.41. The summed E-state index contributed by atoms with van der Waals surface area (Å²) in [6.07, 6.45) is 4.19. The zero-order chi connectivity index (χ0) is 24.1. The number of benzene rings is 2. The van der Waals surface area contributed by atoms with Crippen molar-refractivity contribution >= 4 is 51.7 Å². The molecule has 0 bridgehead atoms. The summed E-state index contributed by atoms with van der Waals surface area (Å²) in [6, 6.07) is 15.4. The number of nitrogens with zero attached hydrogens (tertiary/aromatic N) is 2. The van der Waals surface area contributed by atoms with Crippen molar-refractivity contribution in [3.05, 3.63) is 69.6 Å². The van der Waals surface area contributed by atoms with E-state index in [1.54, 1.807) is 11.3 Å². The molecule has 0 unspecified atom stereocenters. The lowest BCUT2D eigenvalue weighted by Crippen LogP contribution is -2.37. The van der Waals surface area contributed by atoms with Gasteiger partial charge in [-0.05, 0) is 55.4 Å². The Morgan fingerprint density at radius 3 is 2.59 bits per heavy atom. The highest BCUT2D eigenvalue weighted by Crippen LogP contribution is 2.32. The number of thiocarbonyl (C=S) groups is 1. The van der Waals surface area contributed by atoms with Gasteiger partial charge >= 0.3 is 0 Å². The van der Waals surface area contributed by atoms with Crippen LogP contribution < -0.4 is 5.32 Å².